The molecule has 0 aliphatic rings. The van der Waals surface area contributed by atoms with E-state index in [4.69, 9.17) is 10.2 Å². The van der Waals surface area contributed by atoms with Crippen LogP contribution in [0.1, 0.15) is 32.0 Å². The van der Waals surface area contributed by atoms with Gasteiger partial charge in [0.2, 0.25) is 5.13 Å². The standard InChI is InChI=1S/C9H13N3O4S/c1-4(2)7-11-9(17-12-7)10-5(8(15)16)3-6(13)14/h4-5H,3H2,1-2H3,(H,13,14)(H,15,16)(H,10,11,12). The van der Waals surface area contributed by atoms with Gasteiger partial charge in [-0.05, 0) is 0 Å². The lowest BCUT2D eigenvalue weighted by atomic mass is 10.2. The molecule has 1 atom stereocenters. The van der Waals surface area contributed by atoms with Gasteiger partial charge in [-0.15, -0.1) is 0 Å². The highest BCUT2D eigenvalue weighted by Crippen LogP contribution is 2.18. The average molecular weight is 259 g/mol. The van der Waals surface area contributed by atoms with Crippen molar-refractivity contribution in [1.82, 2.24) is 9.36 Å². The molecule has 0 amide bonds. The van der Waals surface area contributed by atoms with Crippen LogP contribution in [-0.2, 0) is 9.59 Å². The molecular formula is C9H13N3O4S. The Morgan fingerprint density at radius 3 is 2.47 bits per heavy atom. The monoisotopic (exact) mass is 259 g/mol. The zero-order chi connectivity index (χ0) is 13.0. The van der Waals surface area contributed by atoms with Crippen molar-refractivity contribution in [1.29, 1.82) is 0 Å². The summed E-state index contributed by atoms with van der Waals surface area (Å²) in [5.41, 5.74) is 0. The highest BCUT2D eigenvalue weighted by Gasteiger charge is 2.22. The first kappa shape index (κ1) is 13.4. The molecule has 0 saturated heterocycles. The Kier molecular flexibility index (Phi) is 4.38. The molecule has 1 rings (SSSR count). The van der Waals surface area contributed by atoms with Gasteiger partial charge < -0.3 is 15.5 Å². The summed E-state index contributed by atoms with van der Waals surface area (Å²) in [5.74, 6) is -1.66. The van der Waals surface area contributed by atoms with Gasteiger partial charge in [-0.3, -0.25) is 4.79 Å². The predicted molar refractivity (Wildman–Crippen MR) is 61.3 cm³/mol. The molecule has 0 bridgehead atoms. The SMILES string of the molecule is CC(C)c1nsc(NC(CC(=O)O)C(=O)O)n1. The van der Waals surface area contributed by atoms with Gasteiger partial charge in [-0.2, -0.15) is 4.37 Å². The Balaban J connectivity index is 2.72. The average Bonchev–Trinajstić information content (AvgIpc) is 2.64. The molecule has 0 aromatic carbocycles. The topological polar surface area (TPSA) is 112 Å². The fourth-order valence-corrected chi connectivity index (χ4v) is 1.81. The summed E-state index contributed by atoms with van der Waals surface area (Å²) in [4.78, 5) is 25.4. The highest BCUT2D eigenvalue weighted by atomic mass is 32.1. The molecule has 0 spiro atoms. The maximum Gasteiger partial charge on any atom is 0.326 e. The lowest BCUT2D eigenvalue weighted by Gasteiger charge is -2.10. The third kappa shape index (κ3) is 3.99. The second kappa shape index (κ2) is 5.58. The maximum absolute atomic E-state index is 10.8. The molecule has 8 heteroatoms. The van der Waals surface area contributed by atoms with Gasteiger partial charge in [0.1, 0.15) is 11.9 Å². The molecule has 0 aliphatic heterocycles. The number of carbonyl (C=O) groups is 2. The van der Waals surface area contributed by atoms with E-state index < -0.39 is 24.4 Å². The number of nitrogens with one attached hydrogen (secondary N) is 1. The molecule has 0 saturated carbocycles. The van der Waals surface area contributed by atoms with Crippen molar-refractivity contribution in [3.05, 3.63) is 5.82 Å². The second-order valence-electron chi connectivity index (χ2n) is 3.75. The number of hydrogen-bond donors (Lipinski definition) is 3. The van der Waals surface area contributed by atoms with Crippen molar-refractivity contribution in [2.24, 2.45) is 0 Å². The van der Waals surface area contributed by atoms with Gasteiger partial charge in [0.05, 0.1) is 6.42 Å². The molecule has 1 aromatic rings. The Bertz CT molecular complexity index is 418. The molecular weight excluding hydrogens is 246 g/mol. The molecule has 3 N–H and O–H groups in total. The minimum Gasteiger partial charge on any atom is -0.481 e. The summed E-state index contributed by atoms with van der Waals surface area (Å²) in [6, 6.07) is -1.19. The van der Waals surface area contributed by atoms with Crippen LogP contribution in [0.15, 0.2) is 0 Å². The summed E-state index contributed by atoms with van der Waals surface area (Å²) in [6.45, 7) is 3.83. The number of rotatable bonds is 6. The van der Waals surface area contributed by atoms with E-state index in [-0.39, 0.29) is 5.92 Å². The number of anilines is 1. The Hall–Kier alpha value is -1.70. The lowest BCUT2D eigenvalue weighted by Crippen LogP contribution is -2.31. The number of carboxylic acid groups (broad SMARTS) is 2. The van der Waals surface area contributed by atoms with Crippen LogP contribution in [0.2, 0.25) is 0 Å². The molecule has 94 valence electrons. The minimum absolute atomic E-state index is 0.143. The molecule has 1 unspecified atom stereocenters. The number of hydrogen-bond acceptors (Lipinski definition) is 6. The summed E-state index contributed by atoms with van der Waals surface area (Å²) >= 11 is 1.02. The van der Waals surface area contributed by atoms with E-state index in [2.05, 4.69) is 14.7 Å². The van der Waals surface area contributed by atoms with Crippen LogP contribution < -0.4 is 5.32 Å². The quantitative estimate of drug-likeness (QED) is 0.698. The molecule has 17 heavy (non-hydrogen) atoms. The Morgan fingerprint density at radius 1 is 1.41 bits per heavy atom. The molecule has 1 aromatic heterocycles. The van der Waals surface area contributed by atoms with E-state index in [1.54, 1.807) is 0 Å². The molecule has 7 nitrogen and oxygen atoms in total. The van der Waals surface area contributed by atoms with Crippen molar-refractivity contribution in [3.63, 3.8) is 0 Å². The van der Waals surface area contributed by atoms with Crippen LogP contribution in [0, 0.1) is 0 Å². The summed E-state index contributed by atoms with van der Waals surface area (Å²) in [5, 5.41) is 20.3. The van der Waals surface area contributed by atoms with E-state index in [0.717, 1.165) is 11.5 Å². The third-order valence-electron chi connectivity index (χ3n) is 1.93. The van der Waals surface area contributed by atoms with Gasteiger partial charge in [-0.25, -0.2) is 9.78 Å². The number of carboxylic acids is 2. The van der Waals surface area contributed by atoms with E-state index in [1.807, 2.05) is 13.8 Å². The first-order valence-corrected chi connectivity index (χ1v) is 5.72. The zero-order valence-electron chi connectivity index (χ0n) is 9.38. The second-order valence-corrected chi connectivity index (χ2v) is 4.50. The van der Waals surface area contributed by atoms with E-state index >= 15 is 0 Å². The normalized spacial score (nSPS) is 12.4. The van der Waals surface area contributed by atoms with Crippen molar-refractivity contribution < 1.29 is 19.8 Å². The summed E-state index contributed by atoms with van der Waals surface area (Å²) in [7, 11) is 0. The molecule has 0 aliphatic carbocycles. The first-order valence-electron chi connectivity index (χ1n) is 4.95. The molecule has 0 fully saturated rings. The largest absolute Gasteiger partial charge is 0.481 e. The number of nitrogens with zero attached hydrogens (tertiary/aromatic N) is 2. The fraction of sp³-hybridized carbons (Fsp3) is 0.556. The Morgan fingerprint density at radius 2 is 2.06 bits per heavy atom. The predicted octanol–water partition coefficient (Wildman–Crippen LogP) is 1.00. The minimum atomic E-state index is -1.23. The first-order chi connectivity index (χ1) is 7.90. The highest BCUT2D eigenvalue weighted by molar-refractivity contribution is 7.09. The van der Waals surface area contributed by atoms with Crippen LogP contribution in [-0.4, -0.2) is 37.6 Å². The Labute approximate surface area is 102 Å². The summed E-state index contributed by atoms with van der Waals surface area (Å²) in [6.07, 6.45) is -0.508. The van der Waals surface area contributed by atoms with E-state index in [0.29, 0.717) is 11.0 Å². The van der Waals surface area contributed by atoms with Gasteiger partial charge in [0.15, 0.2) is 0 Å². The summed E-state index contributed by atoms with van der Waals surface area (Å²) < 4.78 is 4.03. The number of aliphatic carboxylic acids is 2. The van der Waals surface area contributed by atoms with Gasteiger partial charge in [0.25, 0.3) is 0 Å². The van der Waals surface area contributed by atoms with Crippen LogP contribution >= 0.6 is 11.5 Å². The molecule has 1 heterocycles. The maximum atomic E-state index is 10.8. The van der Waals surface area contributed by atoms with Crippen molar-refractivity contribution in [2.75, 3.05) is 5.32 Å². The number of aromatic nitrogens is 2. The van der Waals surface area contributed by atoms with Crippen LogP contribution in [0.4, 0.5) is 5.13 Å². The smallest absolute Gasteiger partial charge is 0.326 e. The van der Waals surface area contributed by atoms with Crippen molar-refractivity contribution in [3.8, 4) is 0 Å². The lowest BCUT2D eigenvalue weighted by molar-refractivity contribution is -0.144. The third-order valence-corrected chi connectivity index (χ3v) is 2.59. The van der Waals surface area contributed by atoms with Gasteiger partial charge >= 0.3 is 11.9 Å². The van der Waals surface area contributed by atoms with Crippen molar-refractivity contribution in [2.45, 2.75) is 32.2 Å². The van der Waals surface area contributed by atoms with Crippen LogP contribution in [0.5, 0.6) is 0 Å². The van der Waals surface area contributed by atoms with Crippen molar-refractivity contribution >= 4 is 28.6 Å². The zero-order valence-corrected chi connectivity index (χ0v) is 10.2. The molecule has 0 radical (unpaired) electrons. The van der Waals surface area contributed by atoms with Gasteiger partial charge in [0, 0.05) is 17.5 Å². The van der Waals surface area contributed by atoms with Gasteiger partial charge in [-0.1, -0.05) is 13.8 Å². The van der Waals surface area contributed by atoms with E-state index in [1.165, 1.54) is 0 Å². The van der Waals surface area contributed by atoms with Crippen LogP contribution in [0.25, 0.3) is 0 Å². The fourth-order valence-electron chi connectivity index (χ4n) is 1.05. The van der Waals surface area contributed by atoms with E-state index in [9.17, 15) is 9.59 Å². The van der Waals surface area contributed by atoms with Crippen LogP contribution in [0.3, 0.4) is 0 Å².